The maximum absolute atomic E-state index is 12.0. The number of nitro groups is 1. The van der Waals surface area contributed by atoms with Gasteiger partial charge < -0.3 is 4.74 Å². The molecule has 0 bridgehead atoms. The number of Topliss-reactive ketones (excluding diaryl/α,β-unsaturated/α-hetero) is 1. The van der Waals surface area contributed by atoms with E-state index in [2.05, 4.69) is 0 Å². The summed E-state index contributed by atoms with van der Waals surface area (Å²) < 4.78 is 4.92. The van der Waals surface area contributed by atoms with Crippen LogP contribution in [0.5, 0.6) is 0 Å². The van der Waals surface area contributed by atoms with E-state index >= 15 is 0 Å². The molecule has 0 radical (unpaired) electrons. The van der Waals surface area contributed by atoms with Crippen LogP contribution in [0.2, 0.25) is 5.02 Å². The topological polar surface area (TPSA) is 86.5 Å². The molecule has 0 heterocycles. The number of hydrogen-bond donors (Lipinski definition) is 0. The number of rotatable bonds is 6. The second-order valence-corrected chi connectivity index (χ2v) is 5.94. The molecule has 0 N–H and O–H groups in total. The monoisotopic (exact) mass is 365 g/mol. The van der Waals surface area contributed by atoms with E-state index < -0.39 is 23.2 Å². The smallest absolute Gasteiger partial charge is 0.338 e. The van der Waals surface area contributed by atoms with Gasteiger partial charge in [0, 0.05) is 16.5 Å². The largest absolute Gasteiger partial charge is 0.454 e. The van der Waals surface area contributed by atoms with Crippen molar-refractivity contribution in [2.45, 2.75) is 4.90 Å². The molecule has 0 amide bonds. The van der Waals surface area contributed by atoms with E-state index in [0.717, 1.165) is 11.0 Å². The van der Waals surface area contributed by atoms with Crippen LogP contribution in [0.25, 0.3) is 0 Å². The van der Waals surface area contributed by atoms with Crippen LogP contribution in [-0.4, -0.2) is 29.5 Å². The molecule has 0 atom stereocenters. The Labute approximate surface area is 146 Å². The molecule has 0 aliphatic heterocycles. The summed E-state index contributed by atoms with van der Waals surface area (Å²) >= 11 is 7.23. The van der Waals surface area contributed by atoms with Gasteiger partial charge in [-0.1, -0.05) is 23.7 Å². The highest BCUT2D eigenvalue weighted by atomic mass is 35.5. The van der Waals surface area contributed by atoms with E-state index in [-0.39, 0.29) is 16.4 Å². The van der Waals surface area contributed by atoms with Gasteiger partial charge in [-0.25, -0.2) is 4.79 Å². The van der Waals surface area contributed by atoms with Crippen LogP contribution in [0.4, 0.5) is 5.69 Å². The lowest BCUT2D eigenvalue weighted by atomic mass is 10.1. The Hall–Kier alpha value is -2.38. The van der Waals surface area contributed by atoms with E-state index in [1.807, 2.05) is 6.26 Å². The molecule has 6 nitrogen and oxygen atoms in total. The third-order valence-electron chi connectivity index (χ3n) is 3.12. The van der Waals surface area contributed by atoms with Crippen molar-refractivity contribution in [1.29, 1.82) is 0 Å². The normalized spacial score (nSPS) is 10.2. The Kier molecular flexibility index (Phi) is 5.94. The standard InChI is InChI=1S/C16H12ClNO5S/c1-24-12-5-2-10(3-6-12)15(19)9-23-16(20)11-4-7-13(17)14(8-11)18(21)22/h2-8H,9H2,1H3. The van der Waals surface area contributed by atoms with Gasteiger partial charge >= 0.3 is 5.97 Å². The third kappa shape index (κ3) is 4.33. The minimum absolute atomic E-state index is 0.0448. The molecule has 0 saturated carbocycles. The molecule has 2 aromatic carbocycles. The van der Waals surface area contributed by atoms with Crippen LogP contribution in [0.1, 0.15) is 20.7 Å². The van der Waals surface area contributed by atoms with Crippen molar-refractivity contribution in [3.63, 3.8) is 0 Å². The summed E-state index contributed by atoms with van der Waals surface area (Å²) in [6, 6.07) is 10.4. The molecule has 24 heavy (non-hydrogen) atoms. The predicted molar refractivity (Wildman–Crippen MR) is 90.9 cm³/mol. The van der Waals surface area contributed by atoms with Crippen LogP contribution in [0.3, 0.4) is 0 Å². The van der Waals surface area contributed by atoms with Crippen molar-refractivity contribution in [2.75, 3.05) is 12.9 Å². The summed E-state index contributed by atoms with van der Waals surface area (Å²) in [5.41, 5.74) is -0.0237. The molecule has 0 saturated heterocycles. The summed E-state index contributed by atoms with van der Waals surface area (Å²) in [5.74, 6) is -1.19. The third-order valence-corrected chi connectivity index (χ3v) is 4.19. The first-order valence-corrected chi connectivity index (χ1v) is 8.31. The Morgan fingerprint density at radius 1 is 1.17 bits per heavy atom. The van der Waals surface area contributed by atoms with Crippen molar-refractivity contribution in [2.24, 2.45) is 0 Å². The highest BCUT2D eigenvalue weighted by Gasteiger charge is 2.18. The summed E-state index contributed by atoms with van der Waals surface area (Å²) in [7, 11) is 0. The number of ketones is 1. The molecular formula is C16H12ClNO5S. The van der Waals surface area contributed by atoms with Crippen LogP contribution in [0, 0.1) is 10.1 Å². The quantitative estimate of drug-likeness (QED) is 0.253. The Bertz CT molecular complexity index is 792. The Morgan fingerprint density at radius 3 is 2.38 bits per heavy atom. The molecular weight excluding hydrogens is 354 g/mol. The van der Waals surface area contributed by atoms with Gasteiger partial charge in [-0.05, 0) is 30.5 Å². The molecule has 2 rings (SSSR count). The van der Waals surface area contributed by atoms with Gasteiger partial charge in [0.25, 0.3) is 5.69 Å². The fourth-order valence-corrected chi connectivity index (χ4v) is 2.45. The summed E-state index contributed by atoms with van der Waals surface area (Å²) in [6.45, 7) is -0.451. The first-order chi connectivity index (χ1) is 11.4. The van der Waals surface area contributed by atoms with Crippen molar-refractivity contribution < 1.29 is 19.2 Å². The number of esters is 1. The lowest BCUT2D eigenvalue weighted by Crippen LogP contribution is -2.14. The van der Waals surface area contributed by atoms with Gasteiger partial charge in [0.2, 0.25) is 0 Å². The van der Waals surface area contributed by atoms with Crippen molar-refractivity contribution in [3.05, 3.63) is 68.7 Å². The predicted octanol–water partition coefficient (Wildman–Crippen LogP) is 4.01. The maximum atomic E-state index is 12.0. The lowest BCUT2D eigenvalue weighted by molar-refractivity contribution is -0.384. The number of carbonyl (C=O) groups is 2. The fraction of sp³-hybridized carbons (Fsp3) is 0.125. The number of hydrogen-bond acceptors (Lipinski definition) is 6. The van der Waals surface area contributed by atoms with Gasteiger partial charge in [-0.2, -0.15) is 0 Å². The molecule has 0 aromatic heterocycles. The molecule has 2 aromatic rings. The minimum atomic E-state index is -0.830. The molecule has 8 heteroatoms. The minimum Gasteiger partial charge on any atom is -0.454 e. The average molecular weight is 366 g/mol. The average Bonchev–Trinajstić information content (AvgIpc) is 2.59. The first-order valence-electron chi connectivity index (χ1n) is 6.70. The highest BCUT2D eigenvalue weighted by molar-refractivity contribution is 7.98. The van der Waals surface area contributed by atoms with E-state index in [1.54, 1.807) is 36.0 Å². The zero-order valence-electron chi connectivity index (χ0n) is 12.5. The van der Waals surface area contributed by atoms with E-state index in [9.17, 15) is 19.7 Å². The van der Waals surface area contributed by atoms with E-state index in [0.29, 0.717) is 5.56 Å². The van der Waals surface area contributed by atoms with Gasteiger partial charge in [0.15, 0.2) is 12.4 Å². The number of thioether (sulfide) groups is 1. The van der Waals surface area contributed by atoms with Crippen LogP contribution >= 0.6 is 23.4 Å². The number of benzene rings is 2. The maximum Gasteiger partial charge on any atom is 0.338 e. The second-order valence-electron chi connectivity index (χ2n) is 4.65. The highest BCUT2D eigenvalue weighted by Crippen LogP contribution is 2.25. The summed E-state index contributed by atoms with van der Waals surface area (Å²) in [6.07, 6.45) is 1.92. The Morgan fingerprint density at radius 2 is 1.79 bits per heavy atom. The van der Waals surface area contributed by atoms with Gasteiger partial charge in [-0.3, -0.25) is 14.9 Å². The molecule has 0 aliphatic rings. The SMILES string of the molecule is CSc1ccc(C(=O)COC(=O)c2ccc(Cl)c([N+](=O)[O-])c2)cc1. The van der Waals surface area contributed by atoms with Crippen molar-refractivity contribution in [1.82, 2.24) is 0 Å². The number of ether oxygens (including phenoxy) is 1. The van der Waals surface area contributed by atoms with Crippen molar-refractivity contribution >= 4 is 40.8 Å². The number of halogens is 1. The second kappa shape index (κ2) is 7.94. The summed E-state index contributed by atoms with van der Waals surface area (Å²) in [4.78, 5) is 35.0. The van der Waals surface area contributed by atoms with Crippen LogP contribution in [-0.2, 0) is 4.74 Å². The van der Waals surface area contributed by atoms with E-state index in [4.69, 9.17) is 16.3 Å². The summed E-state index contributed by atoms with van der Waals surface area (Å²) in [5, 5.41) is 10.7. The molecule has 0 unspecified atom stereocenters. The lowest BCUT2D eigenvalue weighted by Gasteiger charge is -2.05. The zero-order valence-corrected chi connectivity index (χ0v) is 14.1. The molecule has 0 aliphatic carbocycles. The molecule has 124 valence electrons. The van der Waals surface area contributed by atoms with Crippen molar-refractivity contribution in [3.8, 4) is 0 Å². The van der Waals surface area contributed by atoms with Crippen LogP contribution < -0.4 is 0 Å². The molecule has 0 fully saturated rings. The number of carbonyl (C=O) groups excluding carboxylic acids is 2. The fourth-order valence-electron chi connectivity index (χ4n) is 1.85. The first kappa shape index (κ1) is 18.0. The molecule has 0 spiro atoms. The number of nitrogens with zero attached hydrogens (tertiary/aromatic N) is 1. The number of nitro benzene ring substituents is 1. The van der Waals surface area contributed by atoms with Gasteiger partial charge in [0.1, 0.15) is 5.02 Å². The zero-order chi connectivity index (χ0) is 17.7. The Balaban J connectivity index is 2.03. The van der Waals surface area contributed by atoms with Gasteiger partial charge in [-0.15, -0.1) is 11.8 Å². The van der Waals surface area contributed by atoms with Gasteiger partial charge in [0.05, 0.1) is 10.5 Å². The van der Waals surface area contributed by atoms with Crippen LogP contribution in [0.15, 0.2) is 47.4 Å². The van der Waals surface area contributed by atoms with E-state index in [1.165, 1.54) is 12.1 Å².